The summed E-state index contributed by atoms with van der Waals surface area (Å²) in [6.45, 7) is 1.90. The molecule has 1 aliphatic rings. The zero-order chi connectivity index (χ0) is 13.5. The van der Waals surface area contributed by atoms with E-state index in [1.807, 2.05) is 12.1 Å². The normalized spacial score (nSPS) is 13.8. The number of hydrogen-bond donors (Lipinski definition) is 1. The van der Waals surface area contributed by atoms with Crippen LogP contribution in [0.25, 0.3) is 16.6 Å². The van der Waals surface area contributed by atoms with E-state index < -0.39 is 0 Å². The molecule has 0 bridgehead atoms. The molecule has 1 aromatic heterocycles. The van der Waals surface area contributed by atoms with Crippen molar-refractivity contribution in [3.05, 3.63) is 65.6 Å². The molecule has 0 fully saturated rings. The average molecular weight is 303 g/mol. The summed E-state index contributed by atoms with van der Waals surface area (Å²) in [7, 11) is 0. The first-order valence-corrected chi connectivity index (χ1v) is 6.92. The molecule has 1 N–H and O–H groups in total. The predicted octanol–water partition coefficient (Wildman–Crippen LogP) is 3.84. The standard InChI is InChI=1S/C17H15FN2.ClH/c18-12-5-7-13(8-6-12)20-16-4-2-1-3-14(16)15-11-19-10-9-17(15)20;/h1-8,19H,9-11H2;1H. The smallest absolute Gasteiger partial charge is 0.123 e. The van der Waals surface area contributed by atoms with Gasteiger partial charge in [0.05, 0.1) is 5.52 Å². The maximum atomic E-state index is 13.2. The molecule has 108 valence electrons. The lowest BCUT2D eigenvalue weighted by Crippen LogP contribution is -2.24. The third kappa shape index (κ3) is 2.23. The van der Waals surface area contributed by atoms with Crippen molar-refractivity contribution in [3.63, 3.8) is 0 Å². The van der Waals surface area contributed by atoms with Gasteiger partial charge in [-0.25, -0.2) is 4.39 Å². The Morgan fingerprint density at radius 2 is 1.76 bits per heavy atom. The van der Waals surface area contributed by atoms with E-state index in [1.54, 1.807) is 0 Å². The highest BCUT2D eigenvalue weighted by Gasteiger charge is 2.20. The molecule has 0 radical (unpaired) electrons. The van der Waals surface area contributed by atoms with Crippen LogP contribution in [0.3, 0.4) is 0 Å². The monoisotopic (exact) mass is 302 g/mol. The highest BCUT2D eigenvalue weighted by atomic mass is 35.5. The molecule has 1 aliphatic heterocycles. The summed E-state index contributed by atoms with van der Waals surface area (Å²) in [5.41, 5.74) is 4.95. The van der Waals surface area contributed by atoms with E-state index in [1.165, 1.54) is 34.3 Å². The van der Waals surface area contributed by atoms with E-state index >= 15 is 0 Å². The molecule has 2 aromatic carbocycles. The SMILES string of the molecule is Cl.Fc1ccc(-n2c3c(c4ccccc42)CNCC3)cc1. The summed E-state index contributed by atoms with van der Waals surface area (Å²) in [6.07, 6.45) is 1.00. The summed E-state index contributed by atoms with van der Waals surface area (Å²) >= 11 is 0. The molecular formula is C17H16ClFN2. The quantitative estimate of drug-likeness (QED) is 0.723. The minimum Gasteiger partial charge on any atom is -0.313 e. The lowest BCUT2D eigenvalue weighted by molar-refractivity contribution is 0.624. The van der Waals surface area contributed by atoms with Crippen LogP contribution >= 0.6 is 12.4 Å². The molecule has 0 unspecified atom stereocenters. The molecular weight excluding hydrogens is 287 g/mol. The fourth-order valence-corrected chi connectivity index (χ4v) is 3.12. The first-order valence-electron chi connectivity index (χ1n) is 6.92. The minimum absolute atomic E-state index is 0. The summed E-state index contributed by atoms with van der Waals surface area (Å²) in [4.78, 5) is 0. The Kier molecular flexibility index (Phi) is 3.70. The van der Waals surface area contributed by atoms with Gasteiger partial charge >= 0.3 is 0 Å². The number of hydrogen-bond acceptors (Lipinski definition) is 1. The highest BCUT2D eigenvalue weighted by molar-refractivity contribution is 5.87. The lowest BCUT2D eigenvalue weighted by Gasteiger charge is -2.17. The van der Waals surface area contributed by atoms with Gasteiger partial charge in [-0.05, 0) is 35.9 Å². The van der Waals surface area contributed by atoms with Gasteiger partial charge in [0, 0.05) is 36.3 Å². The van der Waals surface area contributed by atoms with Crippen LogP contribution < -0.4 is 5.32 Å². The number of rotatable bonds is 1. The Balaban J connectivity index is 0.00000132. The predicted molar refractivity (Wildman–Crippen MR) is 85.9 cm³/mol. The molecule has 2 heterocycles. The first-order chi connectivity index (χ1) is 9.84. The van der Waals surface area contributed by atoms with Gasteiger partial charge in [-0.2, -0.15) is 0 Å². The topological polar surface area (TPSA) is 17.0 Å². The molecule has 0 atom stereocenters. The highest BCUT2D eigenvalue weighted by Crippen LogP contribution is 2.31. The molecule has 4 heteroatoms. The van der Waals surface area contributed by atoms with Crippen molar-refractivity contribution in [1.29, 1.82) is 0 Å². The van der Waals surface area contributed by atoms with Gasteiger partial charge in [-0.3, -0.25) is 0 Å². The maximum Gasteiger partial charge on any atom is 0.123 e. The largest absolute Gasteiger partial charge is 0.313 e. The average Bonchev–Trinajstić information content (AvgIpc) is 2.83. The van der Waals surface area contributed by atoms with Gasteiger partial charge in [0.1, 0.15) is 5.82 Å². The second-order valence-electron chi connectivity index (χ2n) is 5.18. The van der Waals surface area contributed by atoms with E-state index in [4.69, 9.17) is 0 Å². The zero-order valence-corrected chi connectivity index (χ0v) is 12.3. The van der Waals surface area contributed by atoms with Crippen molar-refractivity contribution in [2.75, 3.05) is 6.54 Å². The van der Waals surface area contributed by atoms with E-state index in [2.05, 4.69) is 34.1 Å². The fourth-order valence-electron chi connectivity index (χ4n) is 3.12. The summed E-state index contributed by atoms with van der Waals surface area (Å²) in [6, 6.07) is 15.2. The van der Waals surface area contributed by atoms with Crippen molar-refractivity contribution in [3.8, 4) is 5.69 Å². The van der Waals surface area contributed by atoms with Gasteiger partial charge in [-0.1, -0.05) is 18.2 Å². The van der Waals surface area contributed by atoms with Crippen molar-refractivity contribution < 1.29 is 4.39 Å². The summed E-state index contributed by atoms with van der Waals surface area (Å²) < 4.78 is 15.4. The Morgan fingerprint density at radius 3 is 2.57 bits per heavy atom. The molecule has 0 spiro atoms. The van der Waals surface area contributed by atoms with Crippen molar-refractivity contribution in [2.45, 2.75) is 13.0 Å². The molecule has 0 saturated heterocycles. The van der Waals surface area contributed by atoms with Crippen LogP contribution in [-0.2, 0) is 13.0 Å². The van der Waals surface area contributed by atoms with E-state index in [9.17, 15) is 4.39 Å². The molecule has 0 aliphatic carbocycles. The molecule has 21 heavy (non-hydrogen) atoms. The Labute approximate surface area is 129 Å². The van der Waals surface area contributed by atoms with Crippen LogP contribution in [0.5, 0.6) is 0 Å². The van der Waals surface area contributed by atoms with Crippen LogP contribution in [0.2, 0.25) is 0 Å². The number of nitrogens with one attached hydrogen (secondary N) is 1. The lowest BCUT2D eigenvalue weighted by atomic mass is 10.1. The van der Waals surface area contributed by atoms with Gasteiger partial charge < -0.3 is 9.88 Å². The summed E-state index contributed by atoms with van der Waals surface area (Å²) in [5, 5.41) is 4.72. The second kappa shape index (κ2) is 5.51. The molecule has 0 amide bonds. The summed E-state index contributed by atoms with van der Waals surface area (Å²) in [5.74, 6) is -0.194. The van der Waals surface area contributed by atoms with Crippen LogP contribution in [-0.4, -0.2) is 11.1 Å². The van der Waals surface area contributed by atoms with Crippen molar-refractivity contribution >= 4 is 23.3 Å². The molecule has 2 nitrogen and oxygen atoms in total. The first kappa shape index (κ1) is 14.1. The molecule has 3 aromatic rings. The Morgan fingerprint density at radius 1 is 1.00 bits per heavy atom. The maximum absolute atomic E-state index is 13.2. The van der Waals surface area contributed by atoms with Gasteiger partial charge in [0.2, 0.25) is 0 Å². The molecule has 4 rings (SSSR count). The number of nitrogens with zero attached hydrogens (tertiary/aromatic N) is 1. The van der Waals surface area contributed by atoms with Crippen LogP contribution in [0, 0.1) is 5.82 Å². The van der Waals surface area contributed by atoms with E-state index in [0.29, 0.717) is 0 Å². The van der Waals surface area contributed by atoms with Crippen LogP contribution in [0.1, 0.15) is 11.3 Å². The fraction of sp³-hybridized carbons (Fsp3) is 0.176. The number of aromatic nitrogens is 1. The molecule has 0 saturated carbocycles. The Bertz CT molecular complexity index is 777. The van der Waals surface area contributed by atoms with Gasteiger partial charge in [0.15, 0.2) is 0 Å². The third-order valence-electron chi connectivity index (χ3n) is 4.01. The zero-order valence-electron chi connectivity index (χ0n) is 11.5. The van der Waals surface area contributed by atoms with Crippen molar-refractivity contribution in [1.82, 2.24) is 9.88 Å². The second-order valence-corrected chi connectivity index (χ2v) is 5.18. The Hall–Kier alpha value is -1.84. The van der Waals surface area contributed by atoms with Gasteiger partial charge in [-0.15, -0.1) is 12.4 Å². The number of halogens is 2. The van der Waals surface area contributed by atoms with Crippen LogP contribution in [0.15, 0.2) is 48.5 Å². The number of para-hydroxylation sites is 1. The number of fused-ring (bicyclic) bond motifs is 3. The van der Waals surface area contributed by atoms with Crippen LogP contribution in [0.4, 0.5) is 4.39 Å². The van der Waals surface area contributed by atoms with Crippen molar-refractivity contribution in [2.24, 2.45) is 0 Å². The minimum atomic E-state index is -0.194. The number of benzene rings is 2. The third-order valence-corrected chi connectivity index (χ3v) is 4.01. The van der Waals surface area contributed by atoms with Gasteiger partial charge in [0.25, 0.3) is 0 Å². The van der Waals surface area contributed by atoms with E-state index in [-0.39, 0.29) is 18.2 Å². The van der Waals surface area contributed by atoms with E-state index in [0.717, 1.165) is 25.2 Å².